The summed E-state index contributed by atoms with van der Waals surface area (Å²) in [5.41, 5.74) is 0. The summed E-state index contributed by atoms with van der Waals surface area (Å²) >= 11 is 0. The van der Waals surface area contributed by atoms with E-state index in [2.05, 4.69) is 38.2 Å². The summed E-state index contributed by atoms with van der Waals surface area (Å²) < 4.78 is 34.6. The molecule has 432 valence electrons. The van der Waals surface area contributed by atoms with Crippen LogP contribution < -0.4 is 0 Å². The van der Waals surface area contributed by atoms with Crippen molar-refractivity contribution >= 4 is 19.8 Å². The molecule has 0 aromatic heterocycles. The molecule has 0 aromatic rings. The Hall–Kier alpha value is -1.51. The van der Waals surface area contributed by atoms with Gasteiger partial charge in [-0.25, -0.2) is 4.57 Å². The molecule has 0 rings (SSSR count). The average molecular weight is 1050 g/mol. The second-order valence-electron chi connectivity index (χ2n) is 22.8. The number of unbranched alkanes of at least 4 members (excludes halogenated alkanes) is 41. The predicted molar refractivity (Wildman–Crippen MR) is 312 cm³/mol. The Balaban J connectivity index is 4.05. The molecule has 0 aliphatic heterocycles. The number of hydrogen-bond acceptors (Lipinski definition) is 7. The van der Waals surface area contributed by atoms with Crippen LogP contribution in [0.4, 0.5) is 0 Å². The molecule has 0 spiro atoms. The van der Waals surface area contributed by atoms with Gasteiger partial charge in [0.25, 0.3) is 0 Å². The van der Waals surface area contributed by atoms with Gasteiger partial charge in [-0.3, -0.25) is 18.6 Å². The monoisotopic (exact) mass is 1050 g/mol. The quantitative estimate of drug-likeness (QED) is 0.0211. The molecule has 0 bridgehead atoms. The third-order valence-corrected chi connectivity index (χ3v) is 15.2. The van der Waals surface area contributed by atoms with Crippen molar-refractivity contribution in [2.24, 2.45) is 0 Å². The minimum Gasteiger partial charge on any atom is -0.462 e. The zero-order valence-corrected chi connectivity index (χ0v) is 50.0. The van der Waals surface area contributed by atoms with Crippen LogP contribution in [0, 0.1) is 0 Å². The normalized spacial score (nSPS) is 13.3. The largest absolute Gasteiger partial charge is 0.472 e. The van der Waals surface area contributed by atoms with Gasteiger partial charge in [-0.2, -0.15) is 0 Å². The summed E-state index contributed by atoms with van der Waals surface area (Å²) in [6, 6.07) is 0. The molecular weight excluding hydrogens is 930 g/mol. The van der Waals surface area contributed by atoms with E-state index in [1.807, 2.05) is 21.1 Å². The fourth-order valence-corrected chi connectivity index (χ4v) is 10.1. The van der Waals surface area contributed by atoms with Crippen molar-refractivity contribution in [3.8, 4) is 0 Å². The van der Waals surface area contributed by atoms with Crippen LogP contribution in [0.25, 0.3) is 0 Å². The highest BCUT2D eigenvalue weighted by atomic mass is 31.2. The Morgan fingerprint density at radius 1 is 0.425 bits per heavy atom. The minimum atomic E-state index is -4.38. The Morgan fingerprint density at radius 3 is 1.08 bits per heavy atom. The van der Waals surface area contributed by atoms with E-state index in [1.165, 1.54) is 244 Å². The molecule has 0 aromatic carbocycles. The molecule has 0 fully saturated rings. The van der Waals surface area contributed by atoms with Gasteiger partial charge in [0, 0.05) is 12.8 Å². The fourth-order valence-electron chi connectivity index (χ4n) is 9.34. The Morgan fingerprint density at radius 2 is 0.740 bits per heavy atom. The molecule has 0 aliphatic rings. The highest BCUT2D eigenvalue weighted by Crippen LogP contribution is 2.43. The number of allylic oxidation sites excluding steroid dienone is 4. The SMILES string of the molecule is CCCCCCC/C=C\C/C=C\CCCCCCCCCCCCCCCCCCCC(=O)OC(COC(=O)CCCCCCCCCCCCCCCCCCCCCC)COP(=O)(O)OCC[N+](C)(C)C. The number of esters is 2. The van der Waals surface area contributed by atoms with Crippen molar-refractivity contribution < 1.29 is 42.1 Å². The van der Waals surface area contributed by atoms with Gasteiger partial charge in [-0.05, 0) is 44.9 Å². The molecular formula is C63H123NO8P+. The highest BCUT2D eigenvalue weighted by Gasteiger charge is 2.27. The van der Waals surface area contributed by atoms with E-state index in [0.717, 1.165) is 38.5 Å². The van der Waals surface area contributed by atoms with E-state index < -0.39 is 26.5 Å². The number of hydrogen-bond donors (Lipinski definition) is 1. The maximum Gasteiger partial charge on any atom is 0.472 e. The van der Waals surface area contributed by atoms with Crippen LogP contribution in [-0.4, -0.2) is 74.9 Å². The molecule has 0 heterocycles. The number of carbonyl (C=O) groups is 2. The molecule has 0 aliphatic carbocycles. The number of ether oxygens (including phenoxy) is 2. The first-order valence-electron chi connectivity index (χ1n) is 31.6. The van der Waals surface area contributed by atoms with Gasteiger partial charge in [0.2, 0.25) is 0 Å². The van der Waals surface area contributed by atoms with Crippen molar-refractivity contribution in [1.82, 2.24) is 0 Å². The molecule has 1 N–H and O–H groups in total. The number of nitrogens with zero attached hydrogens (tertiary/aromatic N) is 1. The molecule has 0 amide bonds. The van der Waals surface area contributed by atoms with Gasteiger partial charge < -0.3 is 18.9 Å². The standard InChI is InChI=1S/C63H122NO8P/c1-6-8-10-12-14-16-18-20-22-24-26-28-29-30-31-32-33-34-35-36-38-40-42-44-46-48-50-52-54-56-63(66)72-61(60-71-73(67,68)70-58-57-64(3,4)5)59-69-62(65)55-53-51-49-47-45-43-41-39-37-27-25-23-21-19-17-15-13-11-9-7-2/h18,20,24,26,61H,6-17,19,21-23,25,27-60H2,1-5H3/p+1/b20-18-,26-24-. The van der Waals surface area contributed by atoms with Crippen LogP contribution in [0.3, 0.4) is 0 Å². The van der Waals surface area contributed by atoms with Gasteiger partial charge >= 0.3 is 19.8 Å². The first kappa shape index (κ1) is 71.5. The van der Waals surface area contributed by atoms with E-state index in [4.69, 9.17) is 18.5 Å². The summed E-state index contributed by atoms with van der Waals surface area (Å²) in [6.45, 7) is 4.49. The third-order valence-electron chi connectivity index (χ3n) is 14.2. The maximum absolute atomic E-state index is 12.8. The van der Waals surface area contributed by atoms with Gasteiger partial charge in [0.05, 0.1) is 27.7 Å². The third kappa shape index (κ3) is 59.6. The molecule has 0 radical (unpaired) electrons. The number of phosphoric ester groups is 1. The lowest BCUT2D eigenvalue weighted by Gasteiger charge is -2.24. The van der Waals surface area contributed by atoms with E-state index >= 15 is 0 Å². The summed E-state index contributed by atoms with van der Waals surface area (Å²) in [4.78, 5) is 35.8. The molecule has 9 nitrogen and oxygen atoms in total. The molecule has 73 heavy (non-hydrogen) atoms. The molecule has 0 saturated heterocycles. The fraction of sp³-hybridized carbons (Fsp3) is 0.905. The lowest BCUT2D eigenvalue weighted by Crippen LogP contribution is -2.37. The van der Waals surface area contributed by atoms with Crippen LogP contribution in [0.1, 0.15) is 316 Å². The summed E-state index contributed by atoms with van der Waals surface area (Å²) in [7, 11) is 1.50. The lowest BCUT2D eigenvalue weighted by atomic mass is 10.0. The summed E-state index contributed by atoms with van der Waals surface area (Å²) in [5.74, 6) is -0.777. The maximum atomic E-state index is 12.8. The number of likely N-dealkylation sites (N-methyl/N-ethyl adjacent to an activating group) is 1. The van der Waals surface area contributed by atoms with Crippen LogP contribution >= 0.6 is 7.82 Å². The van der Waals surface area contributed by atoms with Crippen LogP contribution in [0.5, 0.6) is 0 Å². The van der Waals surface area contributed by atoms with Crippen molar-refractivity contribution in [3.05, 3.63) is 24.3 Å². The van der Waals surface area contributed by atoms with Crippen molar-refractivity contribution in [1.29, 1.82) is 0 Å². The summed E-state index contributed by atoms with van der Waals surface area (Å²) in [6.07, 6.45) is 66.9. The van der Waals surface area contributed by atoms with Gasteiger partial charge in [0.1, 0.15) is 19.8 Å². The first-order chi connectivity index (χ1) is 35.5. The van der Waals surface area contributed by atoms with Crippen LogP contribution in [0.2, 0.25) is 0 Å². The van der Waals surface area contributed by atoms with Gasteiger partial charge in [-0.15, -0.1) is 0 Å². The Bertz CT molecular complexity index is 1280. The topological polar surface area (TPSA) is 108 Å². The number of carbonyl (C=O) groups excluding carboxylic acids is 2. The van der Waals surface area contributed by atoms with Crippen LogP contribution in [-0.2, 0) is 32.7 Å². The van der Waals surface area contributed by atoms with E-state index in [-0.39, 0.29) is 25.6 Å². The zero-order chi connectivity index (χ0) is 53.5. The van der Waals surface area contributed by atoms with E-state index in [1.54, 1.807) is 0 Å². The second kappa shape index (κ2) is 55.3. The highest BCUT2D eigenvalue weighted by molar-refractivity contribution is 7.47. The van der Waals surface area contributed by atoms with E-state index in [0.29, 0.717) is 23.9 Å². The first-order valence-corrected chi connectivity index (χ1v) is 33.1. The smallest absolute Gasteiger partial charge is 0.462 e. The van der Waals surface area contributed by atoms with Crippen molar-refractivity contribution in [3.63, 3.8) is 0 Å². The zero-order valence-electron chi connectivity index (χ0n) is 49.1. The molecule has 2 unspecified atom stereocenters. The molecule has 0 saturated carbocycles. The summed E-state index contributed by atoms with van der Waals surface area (Å²) in [5, 5.41) is 0. The van der Waals surface area contributed by atoms with Crippen LogP contribution in [0.15, 0.2) is 24.3 Å². The number of phosphoric acid groups is 1. The Kier molecular flexibility index (Phi) is 54.1. The van der Waals surface area contributed by atoms with E-state index in [9.17, 15) is 19.0 Å². The lowest BCUT2D eigenvalue weighted by molar-refractivity contribution is -0.870. The van der Waals surface area contributed by atoms with Gasteiger partial charge in [0.15, 0.2) is 6.10 Å². The number of rotatable bonds is 59. The van der Waals surface area contributed by atoms with Crippen molar-refractivity contribution in [2.75, 3.05) is 47.5 Å². The molecule has 10 heteroatoms. The molecule has 2 atom stereocenters. The van der Waals surface area contributed by atoms with Crippen molar-refractivity contribution in [2.45, 2.75) is 322 Å². The minimum absolute atomic E-state index is 0.0353. The number of quaternary nitrogens is 1. The Labute approximate surface area is 453 Å². The predicted octanol–water partition coefficient (Wildman–Crippen LogP) is 19.8. The van der Waals surface area contributed by atoms with Gasteiger partial charge in [-0.1, -0.05) is 282 Å². The second-order valence-corrected chi connectivity index (χ2v) is 24.3. The average Bonchev–Trinajstić information content (AvgIpc) is 3.35.